The molecule has 1 saturated carbocycles. The van der Waals surface area contributed by atoms with Crippen molar-refractivity contribution in [1.29, 1.82) is 0 Å². The molecule has 0 spiro atoms. The lowest BCUT2D eigenvalue weighted by molar-refractivity contribution is -0.0367. The third kappa shape index (κ3) is 5.36. The zero-order valence-corrected chi connectivity index (χ0v) is 23.5. The molecule has 3 aromatic rings. The van der Waals surface area contributed by atoms with Crippen LogP contribution in [-0.4, -0.2) is 53.7 Å². The molecule has 10 heteroatoms. The highest BCUT2D eigenvalue weighted by atomic mass is 32.2. The number of para-hydroxylation sites is 1. The molecular formula is C27H37N5O4S. The third-order valence-electron chi connectivity index (χ3n) is 7.26. The lowest BCUT2D eigenvalue weighted by atomic mass is 9.62. The van der Waals surface area contributed by atoms with Crippen LogP contribution >= 0.6 is 0 Å². The minimum Gasteiger partial charge on any atom is -0.495 e. The van der Waals surface area contributed by atoms with Gasteiger partial charge in [0.25, 0.3) is 0 Å². The van der Waals surface area contributed by atoms with Crippen LogP contribution in [0.4, 0.5) is 5.95 Å². The normalized spacial score (nSPS) is 17.2. The molecule has 2 atom stereocenters. The van der Waals surface area contributed by atoms with Crippen LogP contribution in [0.2, 0.25) is 0 Å². The number of aryl methyl sites for hydroxylation is 2. The van der Waals surface area contributed by atoms with Gasteiger partial charge in [-0.25, -0.2) is 8.42 Å². The molecule has 1 aliphatic rings. The van der Waals surface area contributed by atoms with E-state index in [0.717, 1.165) is 24.0 Å². The summed E-state index contributed by atoms with van der Waals surface area (Å²) in [4.78, 5) is 4.31. The van der Waals surface area contributed by atoms with Crippen molar-refractivity contribution < 1.29 is 17.9 Å². The van der Waals surface area contributed by atoms with E-state index in [4.69, 9.17) is 9.47 Å². The van der Waals surface area contributed by atoms with Gasteiger partial charge in [0.05, 0.1) is 18.9 Å². The monoisotopic (exact) mass is 527 g/mol. The van der Waals surface area contributed by atoms with Crippen molar-refractivity contribution >= 4 is 16.0 Å². The zero-order valence-electron chi connectivity index (χ0n) is 22.6. The highest BCUT2D eigenvalue weighted by Crippen LogP contribution is 2.48. The second-order valence-electron chi connectivity index (χ2n) is 10.6. The Bertz CT molecular complexity index is 1340. The SMILES string of the molecule is CCc1cccc(OC)c1-n1c(NS(=O)(=O)[C@@H](C)[C@@H](OC)C2CC(C)(C)C2)nnc1-c1cncc(C)c1. The van der Waals surface area contributed by atoms with Gasteiger partial charge in [-0.05, 0) is 67.7 Å². The average Bonchev–Trinajstić information content (AvgIpc) is 3.24. The molecule has 0 bridgehead atoms. The maximum atomic E-state index is 13.7. The van der Waals surface area contributed by atoms with Gasteiger partial charge in [0, 0.05) is 25.1 Å². The molecule has 1 N–H and O–H groups in total. The first-order valence-corrected chi connectivity index (χ1v) is 14.1. The fourth-order valence-corrected chi connectivity index (χ4v) is 6.71. The van der Waals surface area contributed by atoms with E-state index < -0.39 is 21.4 Å². The summed E-state index contributed by atoms with van der Waals surface area (Å²) >= 11 is 0. The summed E-state index contributed by atoms with van der Waals surface area (Å²) in [6.07, 6.45) is 5.56. The molecular weight excluding hydrogens is 490 g/mol. The molecule has 1 fully saturated rings. The van der Waals surface area contributed by atoms with Crippen molar-refractivity contribution in [3.8, 4) is 22.8 Å². The van der Waals surface area contributed by atoms with E-state index in [1.807, 2.05) is 38.1 Å². The number of nitrogens with zero attached hydrogens (tertiary/aromatic N) is 4. The van der Waals surface area contributed by atoms with Gasteiger partial charge in [-0.3, -0.25) is 14.3 Å². The quantitative estimate of drug-likeness (QED) is 0.404. The lowest BCUT2D eigenvalue weighted by Crippen LogP contribution is -2.48. The predicted molar refractivity (Wildman–Crippen MR) is 145 cm³/mol. The topological polar surface area (TPSA) is 108 Å². The largest absolute Gasteiger partial charge is 0.495 e. The van der Waals surface area contributed by atoms with Crippen LogP contribution < -0.4 is 9.46 Å². The summed E-state index contributed by atoms with van der Waals surface area (Å²) in [6.45, 7) is 10.0. The first-order valence-electron chi connectivity index (χ1n) is 12.6. The second-order valence-corrected chi connectivity index (χ2v) is 12.7. The fourth-order valence-electron chi connectivity index (χ4n) is 5.45. The number of anilines is 1. The molecule has 200 valence electrons. The summed E-state index contributed by atoms with van der Waals surface area (Å²) in [6, 6.07) is 7.67. The van der Waals surface area contributed by atoms with Gasteiger partial charge in [0.1, 0.15) is 11.0 Å². The van der Waals surface area contributed by atoms with Crippen molar-refractivity contribution in [2.45, 2.75) is 65.2 Å². The summed E-state index contributed by atoms with van der Waals surface area (Å²) in [7, 11) is -0.716. The lowest BCUT2D eigenvalue weighted by Gasteiger charge is -2.47. The van der Waals surface area contributed by atoms with Crippen molar-refractivity contribution in [1.82, 2.24) is 19.7 Å². The highest BCUT2D eigenvalue weighted by Gasteiger charge is 2.45. The minimum absolute atomic E-state index is 0.0892. The van der Waals surface area contributed by atoms with E-state index >= 15 is 0 Å². The first-order chi connectivity index (χ1) is 17.5. The van der Waals surface area contributed by atoms with E-state index in [2.05, 4.69) is 33.8 Å². The predicted octanol–water partition coefficient (Wildman–Crippen LogP) is 4.79. The number of rotatable bonds is 10. The number of aromatic nitrogens is 4. The number of methoxy groups -OCH3 is 2. The molecule has 37 heavy (non-hydrogen) atoms. The van der Waals surface area contributed by atoms with Crippen LogP contribution in [0.5, 0.6) is 5.75 Å². The van der Waals surface area contributed by atoms with Gasteiger partial charge >= 0.3 is 0 Å². The number of sulfonamides is 1. The highest BCUT2D eigenvalue weighted by molar-refractivity contribution is 7.93. The van der Waals surface area contributed by atoms with Crippen LogP contribution in [-0.2, 0) is 21.2 Å². The number of pyridine rings is 1. The Kier molecular flexibility index (Phi) is 7.62. The van der Waals surface area contributed by atoms with E-state index in [1.54, 1.807) is 38.1 Å². The van der Waals surface area contributed by atoms with Gasteiger partial charge in [-0.2, -0.15) is 0 Å². The summed E-state index contributed by atoms with van der Waals surface area (Å²) in [5.74, 6) is 1.32. The molecule has 2 heterocycles. The summed E-state index contributed by atoms with van der Waals surface area (Å²) in [5.41, 5.74) is 3.51. The maximum absolute atomic E-state index is 13.7. The van der Waals surface area contributed by atoms with Crippen LogP contribution in [0.3, 0.4) is 0 Å². The number of hydrogen-bond donors (Lipinski definition) is 1. The van der Waals surface area contributed by atoms with Crippen molar-refractivity contribution in [3.05, 3.63) is 47.8 Å². The van der Waals surface area contributed by atoms with Gasteiger partial charge < -0.3 is 9.47 Å². The van der Waals surface area contributed by atoms with Crippen molar-refractivity contribution in [2.24, 2.45) is 11.3 Å². The molecule has 1 aromatic carbocycles. The Morgan fingerprint density at radius 1 is 1.19 bits per heavy atom. The third-order valence-corrected chi connectivity index (χ3v) is 8.97. The zero-order chi connectivity index (χ0) is 27.0. The van der Waals surface area contributed by atoms with E-state index in [-0.39, 0.29) is 17.3 Å². The molecule has 0 radical (unpaired) electrons. The number of benzene rings is 1. The number of nitrogens with one attached hydrogen (secondary N) is 1. The van der Waals surface area contributed by atoms with Crippen molar-refractivity contribution in [3.63, 3.8) is 0 Å². The molecule has 4 rings (SSSR count). The Balaban J connectivity index is 1.80. The van der Waals surface area contributed by atoms with Gasteiger partial charge in [0.15, 0.2) is 5.82 Å². The van der Waals surface area contributed by atoms with Gasteiger partial charge in [-0.15, -0.1) is 10.2 Å². The summed E-state index contributed by atoms with van der Waals surface area (Å²) in [5, 5.41) is 7.91. The van der Waals surface area contributed by atoms with Crippen LogP contribution in [0.1, 0.15) is 51.7 Å². The standard InChI is InChI=1S/C27H37N5O4S/c1-8-19-10-9-11-22(35-6)23(19)32-25(20-12-17(2)15-28-16-20)29-30-26(32)31-37(33,34)18(3)24(36-7)21-13-27(4,5)14-21/h9-12,15-16,18,21,24H,8,13-14H2,1-7H3,(H,30,31)/t18-,24+/m0/s1. The average molecular weight is 528 g/mol. The number of hydrogen-bond acceptors (Lipinski definition) is 7. The summed E-state index contributed by atoms with van der Waals surface area (Å²) < 4.78 is 43.2. The van der Waals surface area contributed by atoms with E-state index in [0.29, 0.717) is 29.2 Å². The molecule has 0 unspecified atom stereocenters. The Hall–Kier alpha value is -2.98. The minimum atomic E-state index is -3.88. The van der Waals surface area contributed by atoms with Crippen LogP contribution in [0.15, 0.2) is 36.7 Å². The Labute approximate surface area is 219 Å². The molecule has 1 aliphatic carbocycles. The smallest absolute Gasteiger partial charge is 0.243 e. The Morgan fingerprint density at radius 2 is 1.92 bits per heavy atom. The fraction of sp³-hybridized carbons (Fsp3) is 0.519. The second kappa shape index (κ2) is 10.4. The molecule has 0 saturated heterocycles. The van der Waals surface area contributed by atoms with Gasteiger partial charge in [0.2, 0.25) is 16.0 Å². The van der Waals surface area contributed by atoms with Crippen molar-refractivity contribution in [2.75, 3.05) is 18.9 Å². The molecule has 2 aromatic heterocycles. The molecule has 9 nitrogen and oxygen atoms in total. The van der Waals surface area contributed by atoms with Gasteiger partial charge in [-0.1, -0.05) is 32.9 Å². The van der Waals surface area contributed by atoms with E-state index in [9.17, 15) is 8.42 Å². The molecule has 0 amide bonds. The number of ether oxygens (including phenoxy) is 2. The first kappa shape index (κ1) is 27.1. The maximum Gasteiger partial charge on any atom is 0.243 e. The van der Waals surface area contributed by atoms with Crippen LogP contribution in [0.25, 0.3) is 17.1 Å². The van der Waals surface area contributed by atoms with Crippen LogP contribution in [0, 0.1) is 18.3 Å². The Morgan fingerprint density at radius 3 is 2.51 bits per heavy atom. The molecule has 0 aliphatic heterocycles. The van der Waals surface area contributed by atoms with E-state index in [1.165, 1.54) is 0 Å².